The van der Waals surface area contributed by atoms with Crippen molar-refractivity contribution in [3.63, 3.8) is 0 Å². The van der Waals surface area contributed by atoms with Crippen molar-refractivity contribution in [3.05, 3.63) is 11.1 Å². The van der Waals surface area contributed by atoms with Crippen LogP contribution in [-0.2, 0) is 0 Å². The molecule has 1 rings (SSSR count). The molecular formula is C10H18. The van der Waals surface area contributed by atoms with E-state index in [0.717, 1.165) is 0 Å². The Morgan fingerprint density at radius 3 is 2.20 bits per heavy atom. The van der Waals surface area contributed by atoms with Gasteiger partial charge in [-0.05, 0) is 19.8 Å². The summed E-state index contributed by atoms with van der Waals surface area (Å²) >= 11 is 0. The highest BCUT2D eigenvalue weighted by molar-refractivity contribution is 5.46. The highest BCUT2D eigenvalue weighted by atomic mass is 14.5. The predicted molar refractivity (Wildman–Crippen MR) is 46.0 cm³/mol. The van der Waals surface area contributed by atoms with Crippen molar-refractivity contribution in [2.45, 2.75) is 47.0 Å². The molecule has 0 radical (unpaired) electrons. The highest BCUT2D eigenvalue weighted by Crippen LogP contribution is 2.56. The van der Waals surface area contributed by atoms with E-state index in [1.165, 1.54) is 19.3 Å². The second-order valence-electron chi connectivity index (χ2n) is 3.54. The van der Waals surface area contributed by atoms with Crippen LogP contribution in [0.5, 0.6) is 0 Å². The molecule has 0 nitrogen and oxygen atoms in total. The lowest BCUT2D eigenvalue weighted by Crippen LogP contribution is -1.99. The van der Waals surface area contributed by atoms with Gasteiger partial charge in [-0.15, -0.1) is 0 Å². The van der Waals surface area contributed by atoms with E-state index in [4.69, 9.17) is 0 Å². The van der Waals surface area contributed by atoms with Crippen LogP contribution in [0.4, 0.5) is 0 Å². The van der Waals surface area contributed by atoms with Crippen molar-refractivity contribution in [2.24, 2.45) is 5.41 Å². The first-order chi connectivity index (χ1) is 4.66. The molecular weight excluding hydrogens is 120 g/mol. The average molecular weight is 138 g/mol. The average Bonchev–Trinajstić information content (AvgIpc) is 2.37. The molecule has 1 atom stereocenters. The van der Waals surface area contributed by atoms with E-state index >= 15 is 0 Å². The van der Waals surface area contributed by atoms with E-state index in [0.29, 0.717) is 5.41 Å². The Morgan fingerprint density at radius 2 is 1.90 bits per heavy atom. The summed E-state index contributed by atoms with van der Waals surface area (Å²) in [5, 5.41) is 0. The summed E-state index contributed by atoms with van der Waals surface area (Å²) in [5.41, 5.74) is 3.94. The molecule has 10 heavy (non-hydrogen) atoms. The maximum atomic E-state index is 2.38. The maximum absolute atomic E-state index is 2.38. The normalized spacial score (nSPS) is 31.2. The second-order valence-corrected chi connectivity index (χ2v) is 3.54. The van der Waals surface area contributed by atoms with Gasteiger partial charge in [0.2, 0.25) is 0 Å². The minimum atomic E-state index is 0.559. The van der Waals surface area contributed by atoms with E-state index in [9.17, 15) is 0 Å². The van der Waals surface area contributed by atoms with E-state index in [1.54, 1.807) is 11.1 Å². The van der Waals surface area contributed by atoms with Gasteiger partial charge in [0.05, 0.1) is 0 Å². The Kier molecular flexibility index (Phi) is 1.89. The highest BCUT2D eigenvalue weighted by Gasteiger charge is 2.43. The number of hydrogen-bond donors (Lipinski definition) is 0. The van der Waals surface area contributed by atoms with Gasteiger partial charge >= 0.3 is 0 Å². The smallest absolute Gasteiger partial charge is 0.00951 e. The fourth-order valence-electron chi connectivity index (χ4n) is 2.16. The molecule has 0 aromatic rings. The van der Waals surface area contributed by atoms with Gasteiger partial charge < -0.3 is 0 Å². The fraction of sp³-hybridized carbons (Fsp3) is 0.800. The maximum Gasteiger partial charge on any atom is 0.00951 e. The van der Waals surface area contributed by atoms with Crippen molar-refractivity contribution in [3.8, 4) is 0 Å². The molecule has 58 valence electrons. The van der Waals surface area contributed by atoms with Crippen LogP contribution in [0.1, 0.15) is 47.0 Å². The summed E-state index contributed by atoms with van der Waals surface area (Å²) in [5.74, 6) is 0. The van der Waals surface area contributed by atoms with E-state index < -0.39 is 0 Å². The van der Waals surface area contributed by atoms with Crippen LogP contribution in [0.15, 0.2) is 11.1 Å². The third kappa shape index (κ3) is 0.902. The molecule has 0 amide bonds. The van der Waals surface area contributed by atoms with Crippen LogP contribution in [0.25, 0.3) is 0 Å². The molecule has 0 saturated carbocycles. The zero-order chi connectivity index (χ0) is 7.78. The van der Waals surface area contributed by atoms with Crippen molar-refractivity contribution in [1.82, 2.24) is 0 Å². The summed E-state index contributed by atoms with van der Waals surface area (Å²) < 4.78 is 0. The van der Waals surface area contributed by atoms with E-state index in [2.05, 4.69) is 27.7 Å². The lowest BCUT2D eigenvalue weighted by Gasteiger charge is -2.10. The molecule has 0 fully saturated rings. The molecule has 0 N–H and O–H groups in total. The first-order valence-corrected chi connectivity index (χ1v) is 4.37. The van der Waals surface area contributed by atoms with Crippen LogP contribution < -0.4 is 0 Å². The summed E-state index contributed by atoms with van der Waals surface area (Å²) in [4.78, 5) is 0. The zero-order valence-electron chi connectivity index (χ0n) is 7.62. The van der Waals surface area contributed by atoms with Gasteiger partial charge in [0.15, 0.2) is 0 Å². The topological polar surface area (TPSA) is 0 Å². The lowest BCUT2D eigenvalue weighted by atomic mass is 9.94. The van der Waals surface area contributed by atoms with Crippen LogP contribution >= 0.6 is 0 Å². The Hall–Kier alpha value is -0.260. The minimum absolute atomic E-state index is 0.559. The Balaban J connectivity index is 2.49. The van der Waals surface area contributed by atoms with Crippen LogP contribution in [0.3, 0.4) is 0 Å². The third-order valence-corrected chi connectivity index (χ3v) is 2.99. The van der Waals surface area contributed by atoms with Crippen molar-refractivity contribution in [2.75, 3.05) is 0 Å². The van der Waals surface area contributed by atoms with E-state index in [-0.39, 0.29) is 0 Å². The quantitative estimate of drug-likeness (QED) is 0.523. The first-order valence-electron chi connectivity index (χ1n) is 4.37. The van der Waals surface area contributed by atoms with Gasteiger partial charge in [0, 0.05) is 5.41 Å². The van der Waals surface area contributed by atoms with Crippen molar-refractivity contribution in [1.29, 1.82) is 0 Å². The van der Waals surface area contributed by atoms with Gasteiger partial charge in [0.1, 0.15) is 0 Å². The lowest BCUT2D eigenvalue weighted by molar-refractivity contribution is 0.521. The van der Waals surface area contributed by atoms with Gasteiger partial charge in [-0.25, -0.2) is 0 Å². The van der Waals surface area contributed by atoms with Gasteiger partial charge in [-0.1, -0.05) is 38.3 Å². The summed E-state index contributed by atoms with van der Waals surface area (Å²) in [6.45, 7) is 9.20. The number of allylic oxidation sites excluding steroid dienone is 2. The molecule has 1 unspecified atom stereocenters. The zero-order valence-corrected chi connectivity index (χ0v) is 7.62. The molecule has 0 aromatic heterocycles. The summed E-state index contributed by atoms with van der Waals surface area (Å²) in [6.07, 6.45) is 3.95. The SMILES string of the molecule is CCCC1(C)C(C)=C1CC. The van der Waals surface area contributed by atoms with Crippen LogP contribution in [0.2, 0.25) is 0 Å². The summed E-state index contributed by atoms with van der Waals surface area (Å²) in [6, 6.07) is 0. The molecule has 0 bridgehead atoms. The largest absolute Gasteiger partial charge is 0.0653 e. The standard InChI is InChI=1S/C10H18/c1-5-7-10(4)8(3)9(10)6-2/h5-7H2,1-4H3. The molecule has 0 spiro atoms. The van der Waals surface area contributed by atoms with Gasteiger partial charge in [0.25, 0.3) is 0 Å². The van der Waals surface area contributed by atoms with Gasteiger partial charge in [-0.3, -0.25) is 0 Å². The van der Waals surface area contributed by atoms with Crippen molar-refractivity contribution >= 4 is 0 Å². The van der Waals surface area contributed by atoms with E-state index in [1.807, 2.05) is 0 Å². The van der Waals surface area contributed by atoms with Crippen molar-refractivity contribution < 1.29 is 0 Å². The molecule has 0 aromatic carbocycles. The Morgan fingerprint density at radius 1 is 1.30 bits per heavy atom. The number of rotatable bonds is 3. The Bertz CT molecular complexity index is 165. The minimum Gasteiger partial charge on any atom is -0.0653 e. The molecule has 1 aliphatic rings. The molecule has 0 heteroatoms. The summed E-state index contributed by atoms with van der Waals surface area (Å²) in [7, 11) is 0. The molecule has 1 aliphatic carbocycles. The predicted octanol–water partition coefficient (Wildman–Crippen LogP) is 3.53. The molecule has 0 heterocycles. The monoisotopic (exact) mass is 138 g/mol. The molecule has 0 aliphatic heterocycles. The third-order valence-electron chi connectivity index (χ3n) is 2.99. The second kappa shape index (κ2) is 2.41. The first kappa shape index (κ1) is 7.84. The Labute approximate surface area is 64.3 Å². The fourth-order valence-corrected chi connectivity index (χ4v) is 2.16. The molecule has 0 saturated heterocycles. The van der Waals surface area contributed by atoms with Gasteiger partial charge in [-0.2, -0.15) is 0 Å². The van der Waals surface area contributed by atoms with Crippen LogP contribution in [-0.4, -0.2) is 0 Å². The van der Waals surface area contributed by atoms with Crippen LogP contribution in [0, 0.1) is 5.41 Å². The number of hydrogen-bond acceptors (Lipinski definition) is 0.